The zero-order chi connectivity index (χ0) is 18.9. The Labute approximate surface area is 188 Å². The summed E-state index contributed by atoms with van der Waals surface area (Å²) in [5, 5.41) is 6.40. The lowest BCUT2D eigenvalue weighted by atomic mass is 10.1. The first kappa shape index (κ1) is 23.1. The fourth-order valence-corrected chi connectivity index (χ4v) is 3.67. The number of aryl methyl sites for hydroxylation is 1. The van der Waals surface area contributed by atoms with Crippen molar-refractivity contribution in [2.45, 2.75) is 19.8 Å². The van der Waals surface area contributed by atoms with Crippen LogP contribution in [0, 0.1) is 6.92 Å². The minimum absolute atomic E-state index is 0. The normalized spacial score (nSPS) is 15.2. The number of aromatic nitrogens is 1. The van der Waals surface area contributed by atoms with Crippen LogP contribution in [0.5, 0.6) is 0 Å². The van der Waals surface area contributed by atoms with E-state index in [0.29, 0.717) is 5.96 Å². The molecule has 0 aliphatic carbocycles. The lowest BCUT2D eigenvalue weighted by molar-refractivity contribution is 0.0377. The fraction of sp³-hybridized carbons (Fsp3) is 0.500. The van der Waals surface area contributed by atoms with E-state index in [9.17, 15) is 0 Å². The van der Waals surface area contributed by atoms with Gasteiger partial charge < -0.3 is 15.8 Å². The maximum absolute atomic E-state index is 5.96. The van der Waals surface area contributed by atoms with E-state index in [4.69, 9.17) is 10.5 Å². The number of guanidine groups is 1. The molecule has 2 heterocycles. The fourth-order valence-electron chi connectivity index (χ4n) is 3.05. The highest BCUT2D eigenvalue weighted by molar-refractivity contribution is 14.0. The Kier molecular flexibility index (Phi) is 10.2. The van der Waals surface area contributed by atoms with E-state index in [0.717, 1.165) is 75.0 Å². The predicted molar refractivity (Wildman–Crippen MR) is 128 cm³/mol. The molecule has 154 valence electrons. The number of thiazole rings is 1. The number of benzene rings is 1. The summed E-state index contributed by atoms with van der Waals surface area (Å²) in [7, 11) is 0. The number of morpholine rings is 1. The number of ether oxygens (including phenoxy) is 1. The summed E-state index contributed by atoms with van der Waals surface area (Å²) in [6.45, 7) is 8.38. The van der Waals surface area contributed by atoms with E-state index in [1.807, 2.05) is 6.92 Å². The smallest absolute Gasteiger partial charge is 0.188 e. The number of aliphatic imine (C=N–C) groups is 1. The molecule has 8 heteroatoms. The lowest BCUT2D eigenvalue weighted by Gasteiger charge is -2.26. The zero-order valence-corrected chi connectivity index (χ0v) is 19.5. The van der Waals surface area contributed by atoms with Crippen LogP contribution in [0.4, 0.5) is 0 Å². The molecular weight excluding hydrogens is 485 g/mol. The first-order valence-electron chi connectivity index (χ1n) is 9.56. The average Bonchev–Trinajstić information content (AvgIpc) is 3.13. The van der Waals surface area contributed by atoms with Gasteiger partial charge in [0.2, 0.25) is 0 Å². The standard InChI is InChI=1S/C20H29N5OS.HI/c1-16-24-19(15-27-16)18-5-3-17(4-6-18)7-9-23-20(21)22-8-2-10-25-11-13-26-14-12-25;/h3-6,15H,2,7-14H2,1H3,(H3,21,22,23);1H. The SMILES string of the molecule is Cc1nc(-c2ccc(CCNC(N)=NCCCN3CCOCC3)cc2)cs1.I. The van der Waals surface area contributed by atoms with Gasteiger partial charge in [-0.1, -0.05) is 24.3 Å². The molecule has 1 saturated heterocycles. The highest BCUT2D eigenvalue weighted by Gasteiger charge is 2.08. The summed E-state index contributed by atoms with van der Waals surface area (Å²) in [5.74, 6) is 0.534. The van der Waals surface area contributed by atoms with Gasteiger partial charge in [0, 0.05) is 43.7 Å². The highest BCUT2D eigenvalue weighted by Crippen LogP contribution is 2.21. The molecule has 0 bridgehead atoms. The van der Waals surface area contributed by atoms with Gasteiger partial charge in [-0.2, -0.15) is 0 Å². The highest BCUT2D eigenvalue weighted by atomic mass is 127. The molecule has 1 fully saturated rings. The lowest BCUT2D eigenvalue weighted by Crippen LogP contribution is -2.37. The monoisotopic (exact) mass is 515 g/mol. The van der Waals surface area contributed by atoms with Gasteiger partial charge in [-0.25, -0.2) is 4.98 Å². The molecule has 2 aromatic rings. The Bertz CT molecular complexity index is 728. The van der Waals surface area contributed by atoms with Crippen molar-refractivity contribution in [3.05, 3.63) is 40.2 Å². The Morgan fingerprint density at radius 1 is 1.29 bits per heavy atom. The number of hydrogen-bond donors (Lipinski definition) is 2. The molecule has 1 aliphatic heterocycles. The Morgan fingerprint density at radius 3 is 2.71 bits per heavy atom. The molecular formula is C20H30IN5OS. The first-order valence-corrected chi connectivity index (χ1v) is 10.4. The van der Waals surface area contributed by atoms with Crippen molar-refractivity contribution in [3.8, 4) is 11.3 Å². The largest absolute Gasteiger partial charge is 0.379 e. The topological polar surface area (TPSA) is 75.8 Å². The molecule has 3 rings (SSSR count). The van der Waals surface area contributed by atoms with Crippen molar-refractivity contribution >= 4 is 41.3 Å². The molecule has 0 atom stereocenters. The zero-order valence-electron chi connectivity index (χ0n) is 16.4. The van der Waals surface area contributed by atoms with Gasteiger partial charge in [0.1, 0.15) is 0 Å². The number of rotatable bonds is 8. The summed E-state index contributed by atoms with van der Waals surface area (Å²) < 4.78 is 5.35. The molecule has 1 aliphatic rings. The van der Waals surface area contributed by atoms with Gasteiger partial charge in [0.25, 0.3) is 0 Å². The molecule has 0 spiro atoms. The molecule has 3 N–H and O–H groups in total. The quantitative estimate of drug-likeness (QED) is 0.245. The summed E-state index contributed by atoms with van der Waals surface area (Å²) >= 11 is 1.68. The Balaban J connectivity index is 0.00000280. The van der Waals surface area contributed by atoms with E-state index in [1.54, 1.807) is 11.3 Å². The van der Waals surface area contributed by atoms with Crippen molar-refractivity contribution in [2.75, 3.05) is 45.9 Å². The summed E-state index contributed by atoms with van der Waals surface area (Å²) in [6, 6.07) is 8.57. The second-order valence-electron chi connectivity index (χ2n) is 6.70. The van der Waals surface area contributed by atoms with Crippen LogP contribution in [0.1, 0.15) is 17.0 Å². The predicted octanol–water partition coefficient (Wildman–Crippen LogP) is 2.91. The van der Waals surface area contributed by atoms with Crippen molar-refractivity contribution in [1.82, 2.24) is 15.2 Å². The van der Waals surface area contributed by atoms with Gasteiger partial charge >= 0.3 is 0 Å². The molecule has 0 unspecified atom stereocenters. The summed E-state index contributed by atoms with van der Waals surface area (Å²) in [6.07, 6.45) is 1.94. The second-order valence-corrected chi connectivity index (χ2v) is 7.76. The average molecular weight is 515 g/mol. The van der Waals surface area contributed by atoms with Crippen molar-refractivity contribution in [2.24, 2.45) is 10.7 Å². The van der Waals surface area contributed by atoms with Gasteiger partial charge in [-0.05, 0) is 25.3 Å². The van der Waals surface area contributed by atoms with Crippen LogP contribution in [0.3, 0.4) is 0 Å². The van der Waals surface area contributed by atoms with E-state index in [1.165, 1.54) is 5.56 Å². The van der Waals surface area contributed by atoms with Crippen molar-refractivity contribution in [3.63, 3.8) is 0 Å². The van der Waals surface area contributed by atoms with Crippen LogP contribution in [0.2, 0.25) is 0 Å². The third kappa shape index (κ3) is 7.65. The minimum Gasteiger partial charge on any atom is -0.379 e. The van der Waals surface area contributed by atoms with E-state index < -0.39 is 0 Å². The van der Waals surface area contributed by atoms with Gasteiger partial charge in [0.15, 0.2) is 5.96 Å². The molecule has 28 heavy (non-hydrogen) atoms. The van der Waals surface area contributed by atoms with Crippen LogP contribution in [0.15, 0.2) is 34.6 Å². The Hall–Kier alpha value is -1.23. The van der Waals surface area contributed by atoms with Crippen LogP contribution in [-0.2, 0) is 11.2 Å². The Morgan fingerprint density at radius 2 is 2.04 bits per heavy atom. The number of nitrogens with zero attached hydrogens (tertiary/aromatic N) is 3. The maximum atomic E-state index is 5.96. The van der Waals surface area contributed by atoms with Crippen LogP contribution >= 0.6 is 35.3 Å². The van der Waals surface area contributed by atoms with Crippen LogP contribution in [-0.4, -0.2) is 61.8 Å². The number of halogens is 1. The van der Waals surface area contributed by atoms with Crippen molar-refractivity contribution < 1.29 is 4.74 Å². The van der Waals surface area contributed by atoms with Gasteiger partial charge in [-0.15, -0.1) is 35.3 Å². The summed E-state index contributed by atoms with van der Waals surface area (Å²) in [4.78, 5) is 11.4. The molecule has 0 amide bonds. The number of nitrogens with two attached hydrogens (primary N) is 1. The van der Waals surface area contributed by atoms with Crippen LogP contribution in [0.25, 0.3) is 11.3 Å². The third-order valence-electron chi connectivity index (χ3n) is 4.61. The molecule has 6 nitrogen and oxygen atoms in total. The van der Waals surface area contributed by atoms with E-state index >= 15 is 0 Å². The minimum atomic E-state index is 0. The third-order valence-corrected chi connectivity index (χ3v) is 5.38. The number of nitrogens with one attached hydrogen (secondary N) is 1. The van der Waals surface area contributed by atoms with Crippen LogP contribution < -0.4 is 11.1 Å². The van der Waals surface area contributed by atoms with Gasteiger partial charge in [-0.3, -0.25) is 9.89 Å². The molecule has 0 radical (unpaired) electrons. The second kappa shape index (κ2) is 12.4. The van der Waals surface area contributed by atoms with E-state index in [-0.39, 0.29) is 24.0 Å². The molecule has 1 aromatic carbocycles. The van der Waals surface area contributed by atoms with Crippen molar-refractivity contribution in [1.29, 1.82) is 0 Å². The maximum Gasteiger partial charge on any atom is 0.188 e. The summed E-state index contributed by atoms with van der Waals surface area (Å²) in [5.41, 5.74) is 9.45. The molecule has 0 saturated carbocycles. The van der Waals surface area contributed by atoms with E-state index in [2.05, 4.69) is 49.8 Å². The van der Waals surface area contributed by atoms with Gasteiger partial charge in [0.05, 0.1) is 23.9 Å². The molecule has 1 aromatic heterocycles. The first-order chi connectivity index (χ1) is 13.2. The number of hydrogen-bond acceptors (Lipinski definition) is 5.